The first kappa shape index (κ1) is 19.9. The maximum absolute atomic E-state index is 13.3. The number of aromatic nitrogens is 1. The first-order chi connectivity index (χ1) is 11.5. The second-order valence-electron chi connectivity index (χ2n) is 4.87. The van der Waals surface area contributed by atoms with Gasteiger partial charge in [-0.2, -0.15) is 0 Å². The summed E-state index contributed by atoms with van der Waals surface area (Å²) in [5.41, 5.74) is 1.24. The van der Waals surface area contributed by atoms with Crippen LogP contribution in [-0.4, -0.2) is 11.0 Å². The number of halogens is 2. The molecular weight excluding hydrogens is 376 g/mol. The second-order valence-corrected chi connectivity index (χ2v) is 6.31. The predicted molar refractivity (Wildman–Crippen MR) is 87.6 cm³/mol. The third-order valence-corrected chi connectivity index (χ3v) is 4.42. The minimum absolute atomic E-state index is 0. The standard InChI is InChI=1S/C17H11ClFNO3S.Na/c18-12-5-1-3-10(7-12)9-23-15-14(17(21)22)24-16(20-15)11-4-2-6-13(19)8-11;/h1-8H,9H2,(H,21,22);/q;+1/p-1. The Labute approximate surface area is 174 Å². The SMILES string of the molecule is O=C([O-])c1sc(-c2cccc(F)c2)nc1OCc1cccc(Cl)c1.[Na+]. The normalized spacial score (nSPS) is 10.2. The predicted octanol–water partition coefficient (Wildman–Crippen LogP) is 0.549. The quantitative estimate of drug-likeness (QED) is 0.602. The van der Waals surface area contributed by atoms with Gasteiger partial charge in [0.1, 0.15) is 22.3 Å². The molecule has 0 aliphatic rings. The fourth-order valence-corrected chi connectivity index (χ4v) is 3.11. The molecule has 1 aromatic heterocycles. The molecule has 8 heteroatoms. The Balaban J connectivity index is 0.00000225. The van der Waals surface area contributed by atoms with Crippen molar-refractivity contribution >= 4 is 28.9 Å². The molecular formula is C17H10ClFNNaO3S. The van der Waals surface area contributed by atoms with Crippen molar-refractivity contribution in [3.63, 3.8) is 0 Å². The Hall–Kier alpha value is -1.44. The molecule has 0 amide bonds. The van der Waals surface area contributed by atoms with Crippen molar-refractivity contribution in [3.05, 3.63) is 69.8 Å². The van der Waals surface area contributed by atoms with Crippen LogP contribution in [0.15, 0.2) is 48.5 Å². The number of carboxylic acid groups (broad SMARTS) is 1. The molecule has 4 nitrogen and oxygen atoms in total. The zero-order valence-corrected chi connectivity index (χ0v) is 16.7. The molecule has 25 heavy (non-hydrogen) atoms. The largest absolute Gasteiger partial charge is 1.00 e. The van der Waals surface area contributed by atoms with Crippen LogP contribution in [0.4, 0.5) is 4.39 Å². The minimum Gasteiger partial charge on any atom is -0.544 e. The molecule has 0 aliphatic heterocycles. The average Bonchev–Trinajstić information content (AvgIpc) is 2.97. The van der Waals surface area contributed by atoms with Crippen LogP contribution in [0.25, 0.3) is 10.6 Å². The van der Waals surface area contributed by atoms with E-state index in [1.165, 1.54) is 18.2 Å². The summed E-state index contributed by atoms with van der Waals surface area (Å²) in [6, 6.07) is 12.7. The van der Waals surface area contributed by atoms with E-state index in [1.54, 1.807) is 30.3 Å². The zero-order valence-electron chi connectivity index (χ0n) is 13.2. The molecule has 0 aliphatic carbocycles. The summed E-state index contributed by atoms with van der Waals surface area (Å²) in [7, 11) is 0. The maximum atomic E-state index is 13.3. The van der Waals surface area contributed by atoms with Crippen molar-refractivity contribution in [2.75, 3.05) is 0 Å². The monoisotopic (exact) mass is 385 g/mol. The molecule has 0 fully saturated rings. The molecule has 2 aromatic carbocycles. The molecule has 0 bridgehead atoms. The van der Waals surface area contributed by atoms with Gasteiger partial charge < -0.3 is 14.6 Å². The van der Waals surface area contributed by atoms with Crippen LogP contribution in [0, 0.1) is 5.82 Å². The van der Waals surface area contributed by atoms with E-state index in [2.05, 4.69) is 4.98 Å². The number of ether oxygens (including phenoxy) is 1. The molecule has 0 saturated heterocycles. The van der Waals surface area contributed by atoms with Gasteiger partial charge in [0.05, 0.1) is 5.97 Å². The summed E-state index contributed by atoms with van der Waals surface area (Å²) >= 11 is 6.78. The summed E-state index contributed by atoms with van der Waals surface area (Å²) in [5, 5.41) is 12.2. The van der Waals surface area contributed by atoms with Crippen LogP contribution in [-0.2, 0) is 6.61 Å². The van der Waals surface area contributed by atoms with E-state index in [0.717, 1.165) is 16.9 Å². The molecule has 0 spiro atoms. The van der Waals surface area contributed by atoms with Gasteiger partial charge in [-0.05, 0) is 29.8 Å². The van der Waals surface area contributed by atoms with Gasteiger partial charge in [-0.15, -0.1) is 11.3 Å². The first-order valence-electron chi connectivity index (χ1n) is 6.88. The fraction of sp³-hybridized carbons (Fsp3) is 0.0588. The summed E-state index contributed by atoms with van der Waals surface area (Å²) in [6.45, 7) is 0.104. The third kappa shape index (κ3) is 5.03. The van der Waals surface area contributed by atoms with Gasteiger partial charge in [0.2, 0.25) is 5.88 Å². The summed E-state index contributed by atoms with van der Waals surface area (Å²) < 4.78 is 18.8. The van der Waals surface area contributed by atoms with Gasteiger partial charge in [-0.1, -0.05) is 35.9 Å². The summed E-state index contributed by atoms with van der Waals surface area (Å²) in [6.07, 6.45) is 0. The van der Waals surface area contributed by atoms with Crippen molar-refractivity contribution in [3.8, 4) is 16.5 Å². The third-order valence-electron chi connectivity index (χ3n) is 3.12. The minimum atomic E-state index is -1.39. The number of benzene rings is 2. The van der Waals surface area contributed by atoms with Crippen molar-refractivity contribution in [1.29, 1.82) is 0 Å². The van der Waals surface area contributed by atoms with Crippen LogP contribution in [0.2, 0.25) is 5.02 Å². The first-order valence-corrected chi connectivity index (χ1v) is 8.08. The van der Waals surface area contributed by atoms with Crippen LogP contribution >= 0.6 is 22.9 Å². The van der Waals surface area contributed by atoms with E-state index in [1.807, 2.05) is 0 Å². The maximum Gasteiger partial charge on any atom is 1.00 e. The molecule has 0 saturated carbocycles. The van der Waals surface area contributed by atoms with Gasteiger partial charge in [0, 0.05) is 10.6 Å². The zero-order chi connectivity index (χ0) is 17.1. The Kier molecular flexibility index (Phi) is 6.98. The van der Waals surface area contributed by atoms with E-state index >= 15 is 0 Å². The van der Waals surface area contributed by atoms with Gasteiger partial charge in [-0.25, -0.2) is 9.37 Å². The molecule has 0 atom stereocenters. The molecule has 0 N–H and O–H groups in total. The topological polar surface area (TPSA) is 62.2 Å². The number of carbonyl (C=O) groups is 1. The van der Waals surface area contributed by atoms with Crippen molar-refractivity contribution < 1.29 is 48.6 Å². The molecule has 1 heterocycles. The van der Waals surface area contributed by atoms with Crippen molar-refractivity contribution in [2.45, 2.75) is 6.61 Å². The van der Waals surface area contributed by atoms with Gasteiger partial charge in [0.15, 0.2) is 0 Å². The van der Waals surface area contributed by atoms with Crippen LogP contribution in [0.3, 0.4) is 0 Å². The molecule has 122 valence electrons. The van der Waals surface area contributed by atoms with Gasteiger partial charge in [0.25, 0.3) is 0 Å². The molecule has 3 aromatic rings. The number of carbonyl (C=O) groups excluding carboxylic acids is 1. The van der Waals surface area contributed by atoms with Gasteiger partial charge in [-0.3, -0.25) is 0 Å². The van der Waals surface area contributed by atoms with E-state index < -0.39 is 11.8 Å². The summed E-state index contributed by atoms with van der Waals surface area (Å²) in [4.78, 5) is 15.3. The Morgan fingerprint density at radius 1 is 1.24 bits per heavy atom. The molecule has 0 radical (unpaired) electrons. The number of rotatable bonds is 5. The van der Waals surface area contributed by atoms with Crippen molar-refractivity contribution in [2.24, 2.45) is 0 Å². The number of nitrogens with zero attached hydrogens (tertiary/aromatic N) is 1. The van der Waals surface area contributed by atoms with E-state index in [0.29, 0.717) is 15.6 Å². The Bertz CT molecular complexity index is 903. The van der Waals surface area contributed by atoms with Crippen molar-refractivity contribution in [1.82, 2.24) is 4.98 Å². The molecule has 3 rings (SSSR count). The number of carboxylic acids is 1. The fourth-order valence-electron chi connectivity index (χ4n) is 2.06. The van der Waals surface area contributed by atoms with Crippen LogP contribution < -0.4 is 39.4 Å². The Morgan fingerprint density at radius 2 is 2.00 bits per heavy atom. The van der Waals surface area contributed by atoms with Crippen LogP contribution in [0.1, 0.15) is 15.2 Å². The number of hydrogen-bond donors (Lipinski definition) is 0. The van der Waals surface area contributed by atoms with Crippen LogP contribution in [0.5, 0.6) is 5.88 Å². The smallest absolute Gasteiger partial charge is 0.544 e. The average molecular weight is 386 g/mol. The summed E-state index contributed by atoms with van der Waals surface area (Å²) in [5.74, 6) is -1.88. The number of aromatic carboxylic acids is 1. The number of thiazole rings is 1. The molecule has 0 unspecified atom stereocenters. The second kappa shape index (κ2) is 8.78. The van der Waals surface area contributed by atoms with E-state index in [4.69, 9.17) is 16.3 Å². The van der Waals surface area contributed by atoms with E-state index in [9.17, 15) is 14.3 Å². The van der Waals surface area contributed by atoms with E-state index in [-0.39, 0.29) is 46.9 Å². The number of hydrogen-bond acceptors (Lipinski definition) is 5. The van der Waals surface area contributed by atoms with Gasteiger partial charge >= 0.3 is 29.6 Å². The Morgan fingerprint density at radius 3 is 2.68 bits per heavy atom.